The van der Waals surface area contributed by atoms with Crippen molar-refractivity contribution < 1.29 is 9.47 Å². The molecule has 2 heterocycles. The van der Waals surface area contributed by atoms with Crippen LogP contribution in [0.15, 0.2) is 4.99 Å². The molecule has 110 valence electrons. The van der Waals surface area contributed by atoms with Crippen LogP contribution in [0.25, 0.3) is 0 Å². The fourth-order valence-electron chi connectivity index (χ4n) is 2.61. The molecule has 2 N–H and O–H groups in total. The molecule has 0 spiro atoms. The summed E-state index contributed by atoms with van der Waals surface area (Å²) in [4.78, 5) is 4.27. The molecule has 0 amide bonds. The summed E-state index contributed by atoms with van der Waals surface area (Å²) in [5.74, 6) is 0.852. The smallest absolute Gasteiger partial charge is 0.191 e. The first-order valence-corrected chi connectivity index (χ1v) is 7.22. The first-order valence-electron chi connectivity index (χ1n) is 7.22. The topological polar surface area (TPSA) is 54.9 Å². The maximum atomic E-state index is 5.77. The van der Waals surface area contributed by atoms with Gasteiger partial charge in [0.15, 0.2) is 5.96 Å². The summed E-state index contributed by atoms with van der Waals surface area (Å²) in [5, 5.41) is 6.76. The van der Waals surface area contributed by atoms with Crippen molar-refractivity contribution in [3.8, 4) is 0 Å². The van der Waals surface area contributed by atoms with E-state index in [4.69, 9.17) is 9.47 Å². The van der Waals surface area contributed by atoms with Crippen molar-refractivity contribution in [3.05, 3.63) is 0 Å². The molecule has 2 aliphatic heterocycles. The Balaban J connectivity index is 1.74. The molecule has 5 nitrogen and oxygen atoms in total. The second kappa shape index (κ2) is 6.09. The van der Waals surface area contributed by atoms with Gasteiger partial charge in [0.25, 0.3) is 0 Å². The summed E-state index contributed by atoms with van der Waals surface area (Å²) in [6.07, 6.45) is 3.37. The lowest BCUT2D eigenvalue weighted by molar-refractivity contribution is 0.0242. The summed E-state index contributed by atoms with van der Waals surface area (Å²) in [6, 6.07) is 0. The molecule has 2 aliphatic rings. The standard InChI is InChI=1S/C14H27N3O2/c1-13(6-8-18-11-13)9-16-12(15-3)17-10-14(2)5-4-7-19-14/h4-11H2,1-3H3,(H2,15,16,17). The van der Waals surface area contributed by atoms with Crippen LogP contribution < -0.4 is 10.6 Å². The average molecular weight is 269 g/mol. The van der Waals surface area contributed by atoms with Gasteiger partial charge in [0.05, 0.1) is 12.2 Å². The Hall–Kier alpha value is -0.810. The van der Waals surface area contributed by atoms with Crippen LogP contribution in [-0.4, -0.2) is 51.5 Å². The van der Waals surface area contributed by atoms with E-state index < -0.39 is 0 Å². The molecule has 0 aromatic heterocycles. The number of guanidine groups is 1. The Labute approximate surface area is 116 Å². The third-order valence-electron chi connectivity index (χ3n) is 4.14. The van der Waals surface area contributed by atoms with Crippen molar-refractivity contribution in [1.82, 2.24) is 10.6 Å². The molecule has 5 heteroatoms. The van der Waals surface area contributed by atoms with Crippen molar-refractivity contribution in [3.63, 3.8) is 0 Å². The second-order valence-corrected chi connectivity index (χ2v) is 6.29. The van der Waals surface area contributed by atoms with Gasteiger partial charge in [-0.1, -0.05) is 6.92 Å². The van der Waals surface area contributed by atoms with Crippen LogP contribution in [0, 0.1) is 5.41 Å². The molecule has 0 aromatic carbocycles. The maximum absolute atomic E-state index is 5.77. The van der Waals surface area contributed by atoms with Crippen LogP contribution in [0.2, 0.25) is 0 Å². The molecular formula is C14H27N3O2. The summed E-state index contributed by atoms with van der Waals surface area (Å²) < 4.78 is 11.2. The monoisotopic (exact) mass is 269 g/mol. The van der Waals surface area contributed by atoms with Gasteiger partial charge in [0.2, 0.25) is 0 Å². The van der Waals surface area contributed by atoms with E-state index in [0.717, 1.165) is 58.1 Å². The Morgan fingerprint density at radius 3 is 2.53 bits per heavy atom. The third kappa shape index (κ3) is 4.08. The fourth-order valence-corrected chi connectivity index (χ4v) is 2.61. The number of aliphatic imine (C=N–C) groups is 1. The molecule has 0 saturated carbocycles. The first kappa shape index (κ1) is 14.6. The van der Waals surface area contributed by atoms with E-state index in [0.29, 0.717) is 0 Å². The van der Waals surface area contributed by atoms with E-state index in [2.05, 4.69) is 29.5 Å². The van der Waals surface area contributed by atoms with Gasteiger partial charge in [-0.15, -0.1) is 0 Å². The SMILES string of the molecule is CN=C(NCC1(C)CCOC1)NCC1(C)CCCO1. The molecule has 19 heavy (non-hydrogen) atoms. The Morgan fingerprint density at radius 1 is 1.16 bits per heavy atom. The summed E-state index contributed by atoms with van der Waals surface area (Å²) in [6.45, 7) is 8.69. The lowest BCUT2D eigenvalue weighted by Crippen LogP contribution is -2.48. The zero-order valence-electron chi connectivity index (χ0n) is 12.4. The van der Waals surface area contributed by atoms with E-state index in [1.165, 1.54) is 0 Å². The molecule has 0 aromatic rings. The normalized spacial score (nSPS) is 35.6. The van der Waals surface area contributed by atoms with Gasteiger partial charge in [-0.3, -0.25) is 4.99 Å². The van der Waals surface area contributed by atoms with E-state index >= 15 is 0 Å². The zero-order valence-corrected chi connectivity index (χ0v) is 12.4. The Morgan fingerprint density at radius 2 is 1.95 bits per heavy atom. The molecule has 0 aliphatic carbocycles. The van der Waals surface area contributed by atoms with Crippen molar-refractivity contribution in [2.75, 3.05) is 40.0 Å². The van der Waals surface area contributed by atoms with E-state index in [-0.39, 0.29) is 11.0 Å². The summed E-state index contributed by atoms with van der Waals surface area (Å²) >= 11 is 0. The molecule has 2 unspecified atom stereocenters. The number of hydrogen-bond donors (Lipinski definition) is 2. The highest BCUT2D eigenvalue weighted by atomic mass is 16.5. The van der Waals surface area contributed by atoms with Gasteiger partial charge in [0, 0.05) is 38.8 Å². The average Bonchev–Trinajstić information content (AvgIpc) is 3.00. The summed E-state index contributed by atoms with van der Waals surface area (Å²) in [5.41, 5.74) is 0.184. The maximum Gasteiger partial charge on any atom is 0.191 e. The Bertz CT molecular complexity index is 291. The van der Waals surface area contributed by atoms with Crippen molar-refractivity contribution in [1.29, 1.82) is 0 Å². The number of rotatable bonds is 4. The van der Waals surface area contributed by atoms with E-state index in [1.807, 2.05) is 0 Å². The van der Waals surface area contributed by atoms with Crippen LogP contribution in [0.3, 0.4) is 0 Å². The van der Waals surface area contributed by atoms with Crippen LogP contribution in [-0.2, 0) is 9.47 Å². The fraction of sp³-hybridized carbons (Fsp3) is 0.929. The largest absolute Gasteiger partial charge is 0.381 e. The van der Waals surface area contributed by atoms with E-state index in [9.17, 15) is 0 Å². The predicted octanol–water partition coefficient (Wildman–Crippen LogP) is 1.15. The van der Waals surface area contributed by atoms with Crippen LogP contribution in [0.5, 0.6) is 0 Å². The molecule has 2 atom stereocenters. The van der Waals surface area contributed by atoms with Gasteiger partial charge in [0.1, 0.15) is 0 Å². The predicted molar refractivity (Wildman–Crippen MR) is 76.5 cm³/mol. The zero-order chi connectivity index (χ0) is 13.8. The number of nitrogens with one attached hydrogen (secondary N) is 2. The van der Waals surface area contributed by atoms with Crippen molar-refractivity contribution in [2.24, 2.45) is 10.4 Å². The van der Waals surface area contributed by atoms with E-state index in [1.54, 1.807) is 7.05 Å². The number of ether oxygens (including phenoxy) is 2. The third-order valence-corrected chi connectivity index (χ3v) is 4.14. The lowest BCUT2D eigenvalue weighted by Gasteiger charge is -2.27. The van der Waals surface area contributed by atoms with Crippen molar-refractivity contribution >= 4 is 5.96 Å². The molecule has 2 saturated heterocycles. The molecule has 2 rings (SSSR count). The number of hydrogen-bond acceptors (Lipinski definition) is 3. The van der Waals surface area contributed by atoms with Gasteiger partial charge in [-0.05, 0) is 26.2 Å². The molecule has 0 bridgehead atoms. The second-order valence-electron chi connectivity index (χ2n) is 6.29. The van der Waals surface area contributed by atoms with Crippen LogP contribution in [0.1, 0.15) is 33.1 Å². The highest BCUT2D eigenvalue weighted by Crippen LogP contribution is 2.26. The summed E-state index contributed by atoms with van der Waals surface area (Å²) in [7, 11) is 1.81. The molecular weight excluding hydrogens is 242 g/mol. The van der Waals surface area contributed by atoms with Gasteiger partial charge in [-0.2, -0.15) is 0 Å². The highest BCUT2D eigenvalue weighted by Gasteiger charge is 2.31. The lowest BCUT2D eigenvalue weighted by atomic mass is 9.90. The quantitative estimate of drug-likeness (QED) is 0.594. The van der Waals surface area contributed by atoms with Gasteiger partial charge >= 0.3 is 0 Å². The minimum Gasteiger partial charge on any atom is -0.381 e. The highest BCUT2D eigenvalue weighted by molar-refractivity contribution is 5.79. The number of nitrogens with zero attached hydrogens (tertiary/aromatic N) is 1. The van der Waals surface area contributed by atoms with Gasteiger partial charge in [-0.25, -0.2) is 0 Å². The van der Waals surface area contributed by atoms with Crippen LogP contribution in [0.4, 0.5) is 0 Å². The molecule has 2 fully saturated rings. The first-order chi connectivity index (χ1) is 9.05. The van der Waals surface area contributed by atoms with Crippen molar-refractivity contribution in [2.45, 2.75) is 38.7 Å². The van der Waals surface area contributed by atoms with Crippen LogP contribution >= 0.6 is 0 Å². The minimum atomic E-state index is -0.0437. The minimum absolute atomic E-state index is 0.0437. The van der Waals surface area contributed by atoms with Gasteiger partial charge < -0.3 is 20.1 Å². The Kier molecular flexibility index (Phi) is 4.68. The molecule has 0 radical (unpaired) electrons.